The van der Waals surface area contributed by atoms with Gasteiger partial charge in [0.2, 0.25) is 5.91 Å². The summed E-state index contributed by atoms with van der Waals surface area (Å²) in [7, 11) is 0. The minimum Gasteiger partial charge on any atom is -0.481 e. The summed E-state index contributed by atoms with van der Waals surface area (Å²) in [6.45, 7) is 2.21. The van der Waals surface area contributed by atoms with Crippen molar-refractivity contribution in [2.75, 3.05) is 5.32 Å². The number of fused-ring (bicyclic) bond motifs is 1. The van der Waals surface area contributed by atoms with Crippen molar-refractivity contribution < 1.29 is 19.5 Å². The fraction of sp³-hybridized carbons (Fsp3) is 0.571. The maximum atomic E-state index is 12.9. The van der Waals surface area contributed by atoms with E-state index in [-0.39, 0.29) is 17.9 Å². The smallest absolute Gasteiger partial charge is 0.307 e. The zero-order valence-corrected chi connectivity index (χ0v) is 16.8. The SMILES string of the molecule is C[C@@H]1CCc2c(sc(NC(=O)[C@@H]3CC=CC[C@@H]3C(=O)O)c2C(=O)NC2CC2)C1. The number of anilines is 1. The quantitative estimate of drug-likeness (QED) is 0.658. The van der Waals surface area contributed by atoms with Crippen LogP contribution in [-0.4, -0.2) is 28.9 Å². The molecule has 150 valence electrons. The summed E-state index contributed by atoms with van der Waals surface area (Å²) in [5, 5.41) is 16.0. The van der Waals surface area contributed by atoms with Gasteiger partial charge in [-0.1, -0.05) is 19.1 Å². The number of rotatable bonds is 5. The molecular weight excluding hydrogens is 376 g/mol. The minimum atomic E-state index is -0.949. The van der Waals surface area contributed by atoms with Crippen LogP contribution in [0.2, 0.25) is 0 Å². The fourth-order valence-electron chi connectivity index (χ4n) is 4.15. The van der Waals surface area contributed by atoms with Crippen LogP contribution in [0.3, 0.4) is 0 Å². The predicted molar refractivity (Wildman–Crippen MR) is 108 cm³/mol. The lowest BCUT2D eigenvalue weighted by molar-refractivity contribution is -0.146. The molecule has 0 unspecified atom stereocenters. The molecule has 0 bridgehead atoms. The van der Waals surface area contributed by atoms with E-state index in [1.807, 2.05) is 12.2 Å². The van der Waals surface area contributed by atoms with E-state index in [0.29, 0.717) is 29.3 Å². The second-order valence-corrected chi connectivity index (χ2v) is 9.39. The van der Waals surface area contributed by atoms with Crippen LogP contribution in [0.25, 0.3) is 0 Å². The summed E-state index contributed by atoms with van der Waals surface area (Å²) in [6, 6.07) is 0.244. The molecule has 0 aliphatic heterocycles. The van der Waals surface area contributed by atoms with Crippen LogP contribution < -0.4 is 10.6 Å². The Bertz CT molecular complexity index is 840. The number of carbonyl (C=O) groups excluding carboxylic acids is 2. The van der Waals surface area contributed by atoms with Gasteiger partial charge in [0.15, 0.2) is 0 Å². The third-order valence-corrected chi connectivity index (χ3v) is 7.14. The summed E-state index contributed by atoms with van der Waals surface area (Å²) < 4.78 is 0. The lowest BCUT2D eigenvalue weighted by atomic mass is 9.82. The number of carboxylic acids is 1. The molecule has 1 aromatic heterocycles. The van der Waals surface area contributed by atoms with Crippen molar-refractivity contribution in [3.8, 4) is 0 Å². The van der Waals surface area contributed by atoms with Crippen molar-refractivity contribution in [3.63, 3.8) is 0 Å². The predicted octanol–water partition coefficient (Wildman–Crippen LogP) is 3.37. The second-order valence-electron chi connectivity index (χ2n) is 8.29. The molecule has 2 amide bonds. The Kier molecular flexibility index (Phi) is 5.27. The van der Waals surface area contributed by atoms with Crippen molar-refractivity contribution in [3.05, 3.63) is 28.2 Å². The van der Waals surface area contributed by atoms with Gasteiger partial charge in [-0.3, -0.25) is 14.4 Å². The highest BCUT2D eigenvalue weighted by Gasteiger charge is 2.36. The van der Waals surface area contributed by atoms with Gasteiger partial charge in [-0.05, 0) is 56.4 Å². The first-order valence-corrected chi connectivity index (χ1v) is 10.9. The number of thiophene rings is 1. The van der Waals surface area contributed by atoms with E-state index >= 15 is 0 Å². The Morgan fingerprint density at radius 2 is 1.82 bits per heavy atom. The summed E-state index contributed by atoms with van der Waals surface area (Å²) in [4.78, 5) is 38.6. The first-order chi connectivity index (χ1) is 13.4. The Hall–Kier alpha value is -2.15. The summed E-state index contributed by atoms with van der Waals surface area (Å²) >= 11 is 1.49. The molecule has 1 saturated carbocycles. The molecule has 3 aliphatic rings. The Labute approximate surface area is 168 Å². The van der Waals surface area contributed by atoms with E-state index in [1.165, 1.54) is 16.2 Å². The molecule has 6 nitrogen and oxygen atoms in total. The van der Waals surface area contributed by atoms with Crippen LogP contribution in [0.4, 0.5) is 5.00 Å². The third-order valence-electron chi connectivity index (χ3n) is 5.97. The molecule has 3 N–H and O–H groups in total. The van der Waals surface area contributed by atoms with Gasteiger partial charge in [-0.2, -0.15) is 0 Å². The molecule has 0 radical (unpaired) electrons. The van der Waals surface area contributed by atoms with E-state index in [4.69, 9.17) is 0 Å². The lowest BCUT2D eigenvalue weighted by Gasteiger charge is -2.24. The van der Waals surface area contributed by atoms with Gasteiger partial charge < -0.3 is 15.7 Å². The number of allylic oxidation sites excluding steroid dienone is 2. The van der Waals surface area contributed by atoms with Crippen molar-refractivity contribution in [2.24, 2.45) is 17.8 Å². The van der Waals surface area contributed by atoms with Gasteiger partial charge in [-0.15, -0.1) is 11.3 Å². The van der Waals surface area contributed by atoms with Gasteiger partial charge in [-0.25, -0.2) is 0 Å². The minimum absolute atomic E-state index is 0.108. The van der Waals surface area contributed by atoms with Gasteiger partial charge in [0, 0.05) is 10.9 Å². The maximum Gasteiger partial charge on any atom is 0.307 e. The third kappa shape index (κ3) is 3.85. The molecule has 7 heteroatoms. The number of aliphatic carboxylic acids is 1. The highest BCUT2D eigenvalue weighted by Crippen LogP contribution is 2.40. The van der Waals surface area contributed by atoms with E-state index in [2.05, 4.69) is 17.6 Å². The molecule has 3 atom stereocenters. The van der Waals surface area contributed by atoms with Crippen LogP contribution in [0.15, 0.2) is 12.2 Å². The average Bonchev–Trinajstić information content (AvgIpc) is 3.40. The van der Waals surface area contributed by atoms with E-state index in [9.17, 15) is 19.5 Å². The summed E-state index contributed by atoms with van der Waals surface area (Å²) in [5.74, 6) is -2.13. The van der Waals surface area contributed by atoms with Crippen LogP contribution in [0.1, 0.15) is 59.8 Å². The molecule has 3 aliphatic carbocycles. The Balaban J connectivity index is 1.61. The van der Waals surface area contributed by atoms with E-state index in [1.54, 1.807) is 0 Å². The van der Waals surface area contributed by atoms with Crippen molar-refractivity contribution >= 4 is 34.1 Å². The van der Waals surface area contributed by atoms with Crippen molar-refractivity contribution in [1.82, 2.24) is 5.32 Å². The Morgan fingerprint density at radius 1 is 1.11 bits per heavy atom. The number of amides is 2. The highest BCUT2D eigenvalue weighted by atomic mass is 32.1. The van der Waals surface area contributed by atoms with Crippen LogP contribution in [-0.2, 0) is 22.4 Å². The first kappa shape index (κ1) is 19.2. The largest absolute Gasteiger partial charge is 0.481 e. The topological polar surface area (TPSA) is 95.5 Å². The zero-order chi connectivity index (χ0) is 19.8. The molecule has 0 aromatic carbocycles. The van der Waals surface area contributed by atoms with Crippen LogP contribution in [0, 0.1) is 17.8 Å². The van der Waals surface area contributed by atoms with Gasteiger partial charge in [0.1, 0.15) is 5.00 Å². The van der Waals surface area contributed by atoms with Gasteiger partial charge >= 0.3 is 5.97 Å². The second kappa shape index (κ2) is 7.70. The van der Waals surface area contributed by atoms with Gasteiger partial charge in [0.25, 0.3) is 5.91 Å². The van der Waals surface area contributed by atoms with Crippen molar-refractivity contribution in [1.29, 1.82) is 0 Å². The lowest BCUT2D eigenvalue weighted by Crippen LogP contribution is -2.35. The molecule has 4 rings (SSSR count). The highest BCUT2D eigenvalue weighted by molar-refractivity contribution is 7.17. The summed E-state index contributed by atoms with van der Waals surface area (Å²) in [6.07, 6.45) is 9.28. The number of carbonyl (C=O) groups is 3. The molecule has 0 spiro atoms. The molecule has 1 fully saturated rings. The molecule has 1 aromatic rings. The monoisotopic (exact) mass is 402 g/mol. The number of hydrogen-bond donors (Lipinski definition) is 3. The van der Waals surface area contributed by atoms with E-state index < -0.39 is 17.8 Å². The zero-order valence-electron chi connectivity index (χ0n) is 16.0. The van der Waals surface area contributed by atoms with E-state index in [0.717, 1.165) is 37.7 Å². The molecule has 1 heterocycles. The molecule has 28 heavy (non-hydrogen) atoms. The Morgan fingerprint density at radius 3 is 2.50 bits per heavy atom. The summed E-state index contributed by atoms with van der Waals surface area (Å²) in [5.41, 5.74) is 1.67. The van der Waals surface area contributed by atoms with Gasteiger partial charge in [0.05, 0.1) is 17.4 Å². The fourth-order valence-corrected chi connectivity index (χ4v) is 5.56. The standard InChI is InChI=1S/C21H26N2O4S/c1-11-6-9-15-16(10-11)28-20(17(15)19(25)22-12-7-8-12)23-18(24)13-4-2-3-5-14(13)21(26)27/h2-3,11-14H,4-10H2,1H3,(H,22,25)(H,23,24)(H,26,27)/t11-,13-,14+/m1/s1. The number of carboxylic acid groups (broad SMARTS) is 1. The maximum absolute atomic E-state index is 12.9. The number of hydrogen-bond acceptors (Lipinski definition) is 4. The van der Waals surface area contributed by atoms with Crippen LogP contribution in [0.5, 0.6) is 0 Å². The first-order valence-electron chi connectivity index (χ1n) is 10.1. The van der Waals surface area contributed by atoms with Crippen molar-refractivity contribution in [2.45, 2.75) is 57.9 Å². The average molecular weight is 403 g/mol. The molecular formula is C21H26N2O4S. The van der Waals surface area contributed by atoms with Crippen LogP contribution >= 0.6 is 11.3 Å². The number of nitrogens with one attached hydrogen (secondary N) is 2. The normalized spacial score (nSPS) is 26.4. The molecule has 0 saturated heterocycles.